The van der Waals surface area contributed by atoms with Gasteiger partial charge in [-0.15, -0.1) is 0 Å². The minimum Gasteiger partial charge on any atom is -0.444 e. The molecule has 0 aromatic heterocycles. The second-order valence-corrected chi connectivity index (χ2v) is 7.82. The van der Waals surface area contributed by atoms with Crippen LogP contribution in [0, 0.1) is 16.7 Å². The summed E-state index contributed by atoms with van der Waals surface area (Å²) < 4.78 is 5.71. The predicted octanol–water partition coefficient (Wildman–Crippen LogP) is 2.27. The van der Waals surface area contributed by atoms with Crippen LogP contribution >= 0.6 is 0 Å². The number of ether oxygens (including phenoxy) is 1. The molecule has 0 bridgehead atoms. The summed E-state index contributed by atoms with van der Waals surface area (Å²) in [7, 11) is 1.65. The molecule has 1 aromatic carbocycles. The summed E-state index contributed by atoms with van der Waals surface area (Å²) in [4.78, 5) is 28.1. The van der Waals surface area contributed by atoms with E-state index in [1.54, 1.807) is 25.2 Å². The van der Waals surface area contributed by atoms with Crippen LogP contribution in [-0.2, 0) is 19.7 Å². The number of nitrogens with two attached hydrogens (primary N) is 1. The van der Waals surface area contributed by atoms with Gasteiger partial charge in [0.05, 0.1) is 5.57 Å². The van der Waals surface area contributed by atoms with Crippen LogP contribution in [0.15, 0.2) is 47.1 Å². The minimum absolute atomic E-state index is 0.00824. The van der Waals surface area contributed by atoms with Crippen LogP contribution in [0.3, 0.4) is 0 Å². The number of hydrogen-bond acceptors (Lipinski definition) is 5. The molecular formula is C20H19N3O3. The highest BCUT2D eigenvalue weighted by Crippen LogP contribution is 2.56. The number of Topliss-reactive ketones (excluding diaryl/α,β-unsaturated/α-hetero) is 1. The second-order valence-electron chi connectivity index (χ2n) is 7.82. The molecule has 26 heavy (non-hydrogen) atoms. The number of carbonyl (C=O) groups is 2. The first kappa shape index (κ1) is 16.4. The van der Waals surface area contributed by atoms with Gasteiger partial charge in [-0.1, -0.05) is 32.0 Å². The number of rotatable bonds is 0. The van der Waals surface area contributed by atoms with E-state index in [9.17, 15) is 14.9 Å². The number of anilines is 1. The lowest BCUT2D eigenvalue weighted by Gasteiger charge is -2.41. The molecule has 6 heteroatoms. The van der Waals surface area contributed by atoms with Gasteiger partial charge in [0.25, 0.3) is 0 Å². The van der Waals surface area contributed by atoms with Crippen molar-refractivity contribution < 1.29 is 14.3 Å². The van der Waals surface area contributed by atoms with Crippen molar-refractivity contribution in [2.75, 3.05) is 11.9 Å². The Balaban J connectivity index is 2.12. The van der Waals surface area contributed by atoms with E-state index in [0.717, 1.165) is 0 Å². The number of hydrogen-bond donors (Lipinski definition) is 1. The maximum Gasteiger partial charge on any atom is 0.247 e. The van der Waals surface area contributed by atoms with Crippen LogP contribution in [-0.4, -0.2) is 18.7 Å². The van der Waals surface area contributed by atoms with Crippen molar-refractivity contribution in [3.05, 3.63) is 52.6 Å². The third-order valence-corrected chi connectivity index (χ3v) is 5.47. The molecule has 132 valence electrons. The Morgan fingerprint density at radius 1 is 1.23 bits per heavy atom. The third-order valence-electron chi connectivity index (χ3n) is 5.47. The van der Waals surface area contributed by atoms with Crippen LogP contribution in [0.5, 0.6) is 0 Å². The van der Waals surface area contributed by atoms with Crippen molar-refractivity contribution in [2.45, 2.75) is 32.1 Å². The highest BCUT2D eigenvalue weighted by atomic mass is 16.5. The third kappa shape index (κ3) is 1.80. The highest BCUT2D eigenvalue weighted by Gasteiger charge is 2.62. The maximum atomic E-state index is 13.5. The summed E-state index contributed by atoms with van der Waals surface area (Å²) >= 11 is 0. The number of ketones is 1. The monoisotopic (exact) mass is 349 g/mol. The summed E-state index contributed by atoms with van der Waals surface area (Å²) in [5.74, 6) is -0.214. The molecule has 0 saturated heterocycles. The zero-order chi connectivity index (χ0) is 18.9. The fourth-order valence-electron chi connectivity index (χ4n) is 4.44. The average molecular weight is 349 g/mol. The molecule has 0 radical (unpaired) electrons. The van der Waals surface area contributed by atoms with Crippen LogP contribution < -0.4 is 10.6 Å². The van der Waals surface area contributed by atoms with E-state index in [-0.39, 0.29) is 40.6 Å². The quantitative estimate of drug-likeness (QED) is 0.775. The minimum atomic E-state index is -1.51. The molecule has 2 heterocycles. The first-order chi connectivity index (χ1) is 12.2. The van der Waals surface area contributed by atoms with Crippen molar-refractivity contribution in [2.24, 2.45) is 11.1 Å². The molecule has 1 unspecified atom stereocenters. The summed E-state index contributed by atoms with van der Waals surface area (Å²) in [5.41, 5.74) is 5.80. The second kappa shape index (κ2) is 4.98. The molecule has 1 atom stereocenters. The summed E-state index contributed by atoms with van der Waals surface area (Å²) in [6.45, 7) is 3.95. The van der Waals surface area contributed by atoms with E-state index in [0.29, 0.717) is 23.4 Å². The molecule has 1 aromatic rings. The van der Waals surface area contributed by atoms with Gasteiger partial charge in [-0.2, -0.15) is 5.26 Å². The van der Waals surface area contributed by atoms with Crippen LogP contribution in [0.1, 0.15) is 32.3 Å². The van der Waals surface area contributed by atoms with Crippen molar-refractivity contribution >= 4 is 17.4 Å². The summed E-state index contributed by atoms with van der Waals surface area (Å²) in [5, 5.41) is 9.82. The van der Waals surface area contributed by atoms with Crippen molar-refractivity contribution in [3.63, 3.8) is 0 Å². The number of amides is 1. The van der Waals surface area contributed by atoms with E-state index in [1.807, 2.05) is 26.0 Å². The van der Waals surface area contributed by atoms with E-state index in [2.05, 4.69) is 0 Å². The summed E-state index contributed by atoms with van der Waals surface area (Å²) in [6.07, 6.45) is 0.767. The van der Waals surface area contributed by atoms with Crippen molar-refractivity contribution in [3.8, 4) is 6.07 Å². The normalized spacial score (nSPS) is 26.6. The van der Waals surface area contributed by atoms with Gasteiger partial charge in [0.15, 0.2) is 5.78 Å². The Hall–Kier alpha value is -3.07. The molecule has 0 fully saturated rings. The van der Waals surface area contributed by atoms with Crippen molar-refractivity contribution in [1.29, 1.82) is 5.26 Å². The van der Waals surface area contributed by atoms with Gasteiger partial charge in [0.1, 0.15) is 22.8 Å². The first-order valence-corrected chi connectivity index (χ1v) is 8.46. The molecule has 2 aliphatic heterocycles. The Labute approximate surface area is 151 Å². The Morgan fingerprint density at radius 2 is 1.92 bits per heavy atom. The van der Waals surface area contributed by atoms with Crippen LogP contribution in [0.25, 0.3) is 0 Å². The van der Waals surface area contributed by atoms with Gasteiger partial charge in [-0.3, -0.25) is 9.59 Å². The molecule has 1 amide bonds. The molecule has 0 saturated carbocycles. The lowest BCUT2D eigenvalue weighted by atomic mass is 9.62. The van der Waals surface area contributed by atoms with Crippen LogP contribution in [0.2, 0.25) is 0 Å². The smallest absolute Gasteiger partial charge is 0.247 e. The number of allylic oxidation sites excluding steroid dienone is 1. The van der Waals surface area contributed by atoms with Gasteiger partial charge < -0.3 is 15.4 Å². The number of fused-ring (bicyclic) bond motifs is 3. The predicted molar refractivity (Wildman–Crippen MR) is 94.5 cm³/mol. The lowest BCUT2D eigenvalue weighted by Crippen LogP contribution is -2.49. The van der Waals surface area contributed by atoms with E-state index >= 15 is 0 Å². The number of benzene rings is 1. The van der Waals surface area contributed by atoms with E-state index in [1.165, 1.54) is 4.90 Å². The maximum absolute atomic E-state index is 13.5. The largest absolute Gasteiger partial charge is 0.444 e. The van der Waals surface area contributed by atoms with Crippen molar-refractivity contribution in [1.82, 2.24) is 0 Å². The highest BCUT2D eigenvalue weighted by molar-refractivity contribution is 6.19. The molecular weight excluding hydrogens is 330 g/mol. The standard InChI is InChI=1S/C20H19N3O3/c1-19(2)8-14(24)16-15(9-19)26-17(22)12(10-21)20(16)11-6-4-5-7-13(11)23(3)18(20)25/h4-7H,8-9,22H2,1-3H3. The fraction of sp³-hybridized carbons (Fsp3) is 0.350. The molecule has 1 aliphatic carbocycles. The molecule has 6 nitrogen and oxygen atoms in total. The zero-order valence-electron chi connectivity index (χ0n) is 14.9. The van der Waals surface area contributed by atoms with Gasteiger partial charge in [0.2, 0.25) is 11.8 Å². The van der Waals surface area contributed by atoms with Gasteiger partial charge in [0, 0.05) is 31.1 Å². The van der Waals surface area contributed by atoms with Gasteiger partial charge in [-0.25, -0.2) is 0 Å². The van der Waals surface area contributed by atoms with E-state index in [4.69, 9.17) is 10.5 Å². The molecule has 1 spiro atoms. The first-order valence-electron chi connectivity index (χ1n) is 8.46. The molecule has 3 aliphatic rings. The average Bonchev–Trinajstić information content (AvgIpc) is 2.77. The van der Waals surface area contributed by atoms with Gasteiger partial charge >= 0.3 is 0 Å². The zero-order valence-corrected chi connectivity index (χ0v) is 14.9. The molecule has 2 N–H and O–H groups in total. The van der Waals surface area contributed by atoms with E-state index < -0.39 is 5.41 Å². The lowest BCUT2D eigenvalue weighted by molar-refractivity contribution is -0.125. The number of para-hydroxylation sites is 1. The molecule has 4 rings (SSSR count). The Morgan fingerprint density at radius 3 is 2.62 bits per heavy atom. The Kier molecular flexibility index (Phi) is 3.14. The summed E-state index contributed by atoms with van der Waals surface area (Å²) in [6, 6.07) is 9.25. The fourth-order valence-corrected chi connectivity index (χ4v) is 4.44. The number of nitriles is 1. The number of carbonyl (C=O) groups excluding carboxylic acids is 2. The van der Waals surface area contributed by atoms with Gasteiger partial charge in [-0.05, 0) is 11.5 Å². The SMILES string of the molecule is CN1C(=O)C2(C(C#N)=C(N)OC3=C2C(=O)CC(C)(C)C3)c2ccccc21. The number of nitrogens with zero attached hydrogens (tertiary/aromatic N) is 2. The van der Waals surface area contributed by atoms with Crippen LogP contribution in [0.4, 0.5) is 5.69 Å². The number of likely N-dealkylation sites (N-methyl/N-ethyl adjacent to an activating group) is 1. The Bertz CT molecular complexity index is 980. The topological polar surface area (TPSA) is 96.4 Å².